The third kappa shape index (κ3) is 3.46. The Morgan fingerprint density at radius 2 is 1.79 bits per heavy atom. The van der Waals surface area contributed by atoms with E-state index in [4.69, 9.17) is 5.73 Å². The van der Waals surface area contributed by atoms with E-state index in [2.05, 4.69) is 20.3 Å². The lowest BCUT2D eigenvalue weighted by atomic mass is 10.2. The smallest absolute Gasteiger partial charge is 0.375 e. The van der Waals surface area contributed by atoms with Gasteiger partial charge in [-0.3, -0.25) is 0 Å². The first-order valence-corrected chi connectivity index (χ1v) is 7.65. The highest BCUT2D eigenvalue weighted by molar-refractivity contribution is 7.18. The Hall–Kier alpha value is -2.68. The molecule has 9 heteroatoms. The van der Waals surface area contributed by atoms with E-state index in [1.54, 1.807) is 12.3 Å². The Kier molecular flexibility index (Phi) is 4.10. The van der Waals surface area contributed by atoms with Gasteiger partial charge in [-0.05, 0) is 37.3 Å². The van der Waals surface area contributed by atoms with E-state index in [9.17, 15) is 13.2 Å². The van der Waals surface area contributed by atoms with Crippen LogP contribution in [0.25, 0.3) is 10.6 Å². The normalized spacial score (nSPS) is 11.5. The van der Waals surface area contributed by atoms with Gasteiger partial charge in [-0.25, -0.2) is 15.0 Å². The fraction of sp³-hybridized carbons (Fsp3) is 0.133. The second kappa shape index (κ2) is 6.08. The zero-order chi connectivity index (χ0) is 17.3. The van der Waals surface area contributed by atoms with E-state index in [0.717, 1.165) is 22.7 Å². The summed E-state index contributed by atoms with van der Waals surface area (Å²) in [5, 5.41) is 3.33. The molecule has 124 valence electrons. The lowest BCUT2D eigenvalue weighted by Crippen LogP contribution is -2.04. The van der Waals surface area contributed by atoms with Gasteiger partial charge in [0.1, 0.15) is 0 Å². The summed E-state index contributed by atoms with van der Waals surface area (Å²) in [6, 6.07) is 6.38. The topological polar surface area (TPSA) is 76.7 Å². The van der Waals surface area contributed by atoms with E-state index in [1.807, 2.05) is 6.92 Å². The number of aromatic nitrogens is 3. The van der Waals surface area contributed by atoms with E-state index in [0.29, 0.717) is 16.5 Å². The molecule has 0 fully saturated rings. The van der Waals surface area contributed by atoms with Crippen LogP contribution in [0.15, 0.2) is 36.5 Å². The highest BCUT2D eigenvalue weighted by atomic mass is 32.1. The van der Waals surface area contributed by atoms with Gasteiger partial charge < -0.3 is 11.1 Å². The number of halogens is 3. The Bertz CT molecular complexity index is 858. The maximum Gasteiger partial charge on any atom is 0.416 e. The van der Waals surface area contributed by atoms with Gasteiger partial charge in [-0.1, -0.05) is 11.3 Å². The Morgan fingerprint density at radius 1 is 1.08 bits per heavy atom. The van der Waals surface area contributed by atoms with Gasteiger partial charge in [-0.2, -0.15) is 13.2 Å². The second-order valence-electron chi connectivity index (χ2n) is 4.93. The molecule has 0 radical (unpaired) electrons. The van der Waals surface area contributed by atoms with Gasteiger partial charge in [-0.15, -0.1) is 0 Å². The molecule has 0 atom stereocenters. The van der Waals surface area contributed by atoms with Crippen LogP contribution in [0.2, 0.25) is 0 Å². The van der Waals surface area contributed by atoms with Crippen molar-refractivity contribution in [1.29, 1.82) is 0 Å². The molecule has 0 aliphatic heterocycles. The van der Waals surface area contributed by atoms with Crippen LogP contribution in [0, 0.1) is 6.92 Å². The molecule has 0 spiro atoms. The molecule has 0 unspecified atom stereocenters. The van der Waals surface area contributed by atoms with Crippen LogP contribution in [0.3, 0.4) is 0 Å². The Morgan fingerprint density at radius 3 is 2.38 bits per heavy atom. The van der Waals surface area contributed by atoms with Crippen LogP contribution in [0.1, 0.15) is 11.3 Å². The minimum absolute atomic E-state index is 0.277. The molecule has 2 heterocycles. The molecular weight excluding hydrogens is 339 g/mol. The van der Waals surface area contributed by atoms with Crippen molar-refractivity contribution in [2.45, 2.75) is 13.1 Å². The van der Waals surface area contributed by atoms with Crippen LogP contribution in [0.4, 0.5) is 29.9 Å². The lowest BCUT2D eigenvalue weighted by molar-refractivity contribution is -0.137. The van der Waals surface area contributed by atoms with Crippen molar-refractivity contribution in [2.24, 2.45) is 0 Å². The molecule has 1 aromatic carbocycles. The zero-order valence-electron chi connectivity index (χ0n) is 12.4. The highest BCUT2D eigenvalue weighted by Crippen LogP contribution is 2.31. The fourth-order valence-electron chi connectivity index (χ4n) is 2.07. The number of nitrogens with zero attached hydrogens (tertiary/aromatic N) is 3. The highest BCUT2D eigenvalue weighted by Gasteiger charge is 2.29. The summed E-state index contributed by atoms with van der Waals surface area (Å²) in [7, 11) is 0. The number of anilines is 3. The molecule has 3 N–H and O–H groups in total. The van der Waals surface area contributed by atoms with Crippen molar-refractivity contribution < 1.29 is 13.2 Å². The molecule has 0 saturated carbocycles. The average Bonchev–Trinajstić information content (AvgIpc) is 2.86. The molecule has 0 aliphatic carbocycles. The molecule has 5 nitrogen and oxygen atoms in total. The first-order valence-electron chi connectivity index (χ1n) is 6.83. The van der Waals surface area contributed by atoms with Crippen molar-refractivity contribution in [2.75, 3.05) is 11.1 Å². The monoisotopic (exact) mass is 351 g/mol. The van der Waals surface area contributed by atoms with Crippen molar-refractivity contribution >= 4 is 28.1 Å². The summed E-state index contributed by atoms with van der Waals surface area (Å²) < 4.78 is 37.7. The molecule has 0 bridgehead atoms. The summed E-state index contributed by atoms with van der Waals surface area (Å²) in [4.78, 5) is 13.4. The van der Waals surface area contributed by atoms with E-state index in [-0.39, 0.29) is 5.95 Å². The summed E-state index contributed by atoms with van der Waals surface area (Å²) >= 11 is 1.31. The quantitative estimate of drug-likeness (QED) is 0.737. The van der Waals surface area contributed by atoms with Crippen LogP contribution < -0.4 is 11.1 Å². The first-order chi connectivity index (χ1) is 11.3. The Labute approximate surface area is 139 Å². The second-order valence-corrected chi connectivity index (χ2v) is 5.96. The molecule has 2 aromatic heterocycles. The maximum absolute atomic E-state index is 12.6. The molecule has 0 saturated heterocycles. The van der Waals surface area contributed by atoms with Crippen molar-refractivity contribution in [3.63, 3.8) is 0 Å². The molecule has 24 heavy (non-hydrogen) atoms. The van der Waals surface area contributed by atoms with Crippen molar-refractivity contribution in [3.05, 3.63) is 47.8 Å². The number of nitrogen functional groups attached to an aromatic ring is 1. The number of nitrogens with two attached hydrogens (primary N) is 1. The summed E-state index contributed by atoms with van der Waals surface area (Å²) in [5.74, 6) is 0.277. The predicted molar refractivity (Wildman–Crippen MR) is 87.0 cm³/mol. The van der Waals surface area contributed by atoms with E-state index in [1.165, 1.54) is 23.5 Å². The zero-order valence-corrected chi connectivity index (χ0v) is 13.2. The van der Waals surface area contributed by atoms with E-state index >= 15 is 0 Å². The van der Waals surface area contributed by atoms with Crippen LogP contribution >= 0.6 is 11.3 Å². The summed E-state index contributed by atoms with van der Waals surface area (Å²) in [5.41, 5.74) is 6.84. The average molecular weight is 351 g/mol. The van der Waals surface area contributed by atoms with Gasteiger partial charge in [0, 0.05) is 11.9 Å². The standard InChI is InChI=1S/C15H12F3N5S/c1-8-12(24-13(19)21-8)11-6-7-20-14(23-11)22-10-4-2-9(3-5-10)15(16,17)18/h2-7H,1H3,(H2,19,21)(H,20,22,23). The maximum atomic E-state index is 12.6. The van der Waals surface area contributed by atoms with Crippen molar-refractivity contribution in [3.8, 4) is 10.6 Å². The van der Waals surface area contributed by atoms with Crippen LogP contribution in [-0.2, 0) is 6.18 Å². The number of alkyl halides is 3. The van der Waals surface area contributed by atoms with Gasteiger partial charge in [0.05, 0.1) is 21.8 Å². The SMILES string of the molecule is Cc1nc(N)sc1-c1ccnc(Nc2ccc(C(F)(F)F)cc2)n1. The third-order valence-electron chi connectivity index (χ3n) is 3.17. The van der Waals surface area contributed by atoms with Gasteiger partial charge >= 0.3 is 6.18 Å². The molecule has 0 amide bonds. The number of rotatable bonds is 3. The fourth-order valence-corrected chi connectivity index (χ4v) is 2.88. The van der Waals surface area contributed by atoms with Crippen LogP contribution in [0.5, 0.6) is 0 Å². The number of nitrogens with one attached hydrogen (secondary N) is 1. The lowest BCUT2D eigenvalue weighted by Gasteiger charge is -2.09. The number of thiazole rings is 1. The third-order valence-corrected chi connectivity index (χ3v) is 4.18. The van der Waals surface area contributed by atoms with Crippen LogP contribution in [-0.4, -0.2) is 15.0 Å². The minimum Gasteiger partial charge on any atom is -0.375 e. The Balaban J connectivity index is 1.84. The van der Waals surface area contributed by atoms with Gasteiger partial charge in [0.15, 0.2) is 5.13 Å². The van der Waals surface area contributed by atoms with Gasteiger partial charge in [0.2, 0.25) is 5.95 Å². The number of aryl methyl sites for hydroxylation is 1. The molecular formula is C15H12F3N5S. The van der Waals surface area contributed by atoms with Gasteiger partial charge in [0.25, 0.3) is 0 Å². The molecule has 0 aliphatic rings. The molecule has 3 rings (SSSR count). The van der Waals surface area contributed by atoms with Crippen molar-refractivity contribution in [1.82, 2.24) is 15.0 Å². The number of hydrogen-bond donors (Lipinski definition) is 2. The number of benzene rings is 1. The van der Waals surface area contributed by atoms with E-state index < -0.39 is 11.7 Å². The number of hydrogen-bond acceptors (Lipinski definition) is 6. The summed E-state index contributed by atoms with van der Waals surface area (Å²) in [6.45, 7) is 1.83. The first kappa shape index (κ1) is 16.2. The largest absolute Gasteiger partial charge is 0.416 e. The predicted octanol–water partition coefficient (Wildman–Crippen LogP) is 4.25. The summed E-state index contributed by atoms with van der Waals surface area (Å²) in [6.07, 6.45) is -2.80. The minimum atomic E-state index is -4.36. The molecule has 3 aromatic rings.